The quantitative estimate of drug-likeness (QED) is 0.798. The molecular weight excluding hydrogens is 286 g/mol. The second kappa shape index (κ2) is 9.29. The number of halogens is 1. The normalized spacial score (nSPS) is 14.0. The molecule has 0 saturated heterocycles. The Balaban J connectivity index is 0.00000400. The molecule has 1 rings (SSSR count). The highest BCUT2D eigenvalue weighted by molar-refractivity contribution is 5.85. The molecule has 3 N–H and O–H groups in total. The maximum Gasteiger partial charge on any atom is 0.123 e. The zero-order valence-electron chi connectivity index (χ0n) is 13.8. The third-order valence-corrected chi connectivity index (χ3v) is 3.73. The van der Waals surface area contributed by atoms with Crippen LogP contribution < -0.4 is 10.5 Å². The van der Waals surface area contributed by atoms with Crippen LogP contribution in [-0.4, -0.2) is 18.3 Å². The van der Waals surface area contributed by atoms with Gasteiger partial charge >= 0.3 is 0 Å². The molecule has 1 aromatic carbocycles. The van der Waals surface area contributed by atoms with Gasteiger partial charge in [-0.05, 0) is 36.3 Å². The van der Waals surface area contributed by atoms with E-state index in [1.54, 1.807) is 7.11 Å². The molecule has 0 heterocycles. The average molecular weight is 316 g/mol. The first-order valence-corrected chi connectivity index (χ1v) is 7.48. The van der Waals surface area contributed by atoms with E-state index in [0.717, 1.165) is 17.7 Å². The van der Waals surface area contributed by atoms with Crippen molar-refractivity contribution < 1.29 is 9.84 Å². The van der Waals surface area contributed by atoms with Crippen molar-refractivity contribution in [2.75, 3.05) is 7.11 Å². The summed E-state index contributed by atoms with van der Waals surface area (Å²) in [6.45, 7) is 8.59. The number of hydrogen-bond donors (Lipinski definition) is 2. The van der Waals surface area contributed by atoms with E-state index in [9.17, 15) is 5.11 Å². The molecule has 21 heavy (non-hydrogen) atoms. The van der Waals surface area contributed by atoms with Crippen molar-refractivity contribution in [2.24, 2.45) is 11.7 Å². The van der Waals surface area contributed by atoms with Crippen molar-refractivity contribution in [3.8, 4) is 5.75 Å². The third-order valence-electron chi connectivity index (χ3n) is 3.73. The molecule has 0 fully saturated rings. The summed E-state index contributed by atoms with van der Waals surface area (Å²) in [6.07, 6.45) is 1.16. The highest BCUT2D eigenvalue weighted by atomic mass is 35.5. The van der Waals surface area contributed by atoms with Crippen LogP contribution in [-0.2, 0) is 0 Å². The number of methoxy groups -OCH3 is 1. The molecule has 122 valence electrons. The Morgan fingerprint density at radius 2 is 1.76 bits per heavy atom. The van der Waals surface area contributed by atoms with Crippen LogP contribution in [0, 0.1) is 5.92 Å². The van der Waals surface area contributed by atoms with E-state index in [4.69, 9.17) is 10.5 Å². The summed E-state index contributed by atoms with van der Waals surface area (Å²) < 4.78 is 5.39. The van der Waals surface area contributed by atoms with Crippen LogP contribution in [0.15, 0.2) is 18.2 Å². The Hall–Kier alpha value is -0.770. The molecule has 0 aliphatic carbocycles. The van der Waals surface area contributed by atoms with Crippen molar-refractivity contribution in [3.05, 3.63) is 29.3 Å². The van der Waals surface area contributed by atoms with Crippen molar-refractivity contribution >= 4 is 12.4 Å². The van der Waals surface area contributed by atoms with Gasteiger partial charge in [-0.1, -0.05) is 39.8 Å². The average Bonchev–Trinajstić information content (AvgIpc) is 2.42. The van der Waals surface area contributed by atoms with E-state index in [1.807, 2.05) is 6.07 Å². The Morgan fingerprint density at radius 3 is 2.24 bits per heavy atom. The smallest absolute Gasteiger partial charge is 0.123 e. The van der Waals surface area contributed by atoms with E-state index in [0.29, 0.717) is 18.3 Å². The molecule has 4 heteroatoms. The topological polar surface area (TPSA) is 55.5 Å². The number of benzene rings is 1. The summed E-state index contributed by atoms with van der Waals surface area (Å²) in [5.74, 6) is 1.76. The molecule has 0 bridgehead atoms. The largest absolute Gasteiger partial charge is 0.496 e. The predicted molar refractivity (Wildman–Crippen MR) is 91.3 cm³/mol. The van der Waals surface area contributed by atoms with Gasteiger partial charge in [0.1, 0.15) is 5.75 Å². The van der Waals surface area contributed by atoms with Crippen LogP contribution in [0.25, 0.3) is 0 Å². The summed E-state index contributed by atoms with van der Waals surface area (Å²) in [5.41, 5.74) is 8.35. The van der Waals surface area contributed by atoms with Gasteiger partial charge in [0.2, 0.25) is 0 Å². The summed E-state index contributed by atoms with van der Waals surface area (Å²) >= 11 is 0. The van der Waals surface area contributed by atoms with Gasteiger partial charge in [-0.25, -0.2) is 0 Å². The van der Waals surface area contributed by atoms with Gasteiger partial charge < -0.3 is 15.6 Å². The zero-order chi connectivity index (χ0) is 15.3. The molecule has 1 aromatic rings. The number of rotatable bonds is 7. The standard InChI is InChI=1S/C17H29NO2.ClH/c1-11(2)6-8-15(19)17(18)14-10-13(12(3)4)7-9-16(14)20-5;/h7,9-12,15,17,19H,6,8,18H2,1-5H3;1H/t15-,17+;/m1./s1. The zero-order valence-corrected chi connectivity index (χ0v) is 14.6. The Bertz CT molecular complexity index is 421. The summed E-state index contributed by atoms with van der Waals surface area (Å²) in [7, 11) is 1.64. The third kappa shape index (κ3) is 5.85. The van der Waals surface area contributed by atoms with Crippen LogP contribution in [0.4, 0.5) is 0 Å². The molecule has 0 aromatic heterocycles. The van der Waals surface area contributed by atoms with Crippen molar-refractivity contribution in [2.45, 2.75) is 58.6 Å². The second-order valence-corrected chi connectivity index (χ2v) is 6.22. The predicted octanol–water partition coefficient (Wildman–Crippen LogP) is 4.04. The minimum Gasteiger partial charge on any atom is -0.496 e. The van der Waals surface area contributed by atoms with Crippen molar-refractivity contribution in [1.82, 2.24) is 0 Å². The van der Waals surface area contributed by atoms with Gasteiger partial charge in [0.05, 0.1) is 19.3 Å². The maximum absolute atomic E-state index is 10.3. The molecule has 3 nitrogen and oxygen atoms in total. The molecule has 0 aliphatic heterocycles. The van der Waals surface area contributed by atoms with Crippen LogP contribution >= 0.6 is 12.4 Å². The van der Waals surface area contributed by atoms with Gasteiger partial charge in [-0.3, -0.25) is 0 Å². The SMILES string of the molecule is COc1ccc(C(C)C)cc1[C@H](N)[C@H](O)CCC(C)C.Cl. The number of aliphatic hydroxyl groups excluding tert-OH is 1. The summed E-state index contributed by atoms with van der Waals surface area (Å²) in [4.78, 5) is 0. The minimum atomic E-state index is -0.534. The molecule has 0 aliphatic rings. The monoisotopic (exact) mass is 315 g/mol. The number of hydrogen-bond acceptors (Lipinski definition) is 3. The van der Waals surface area contributed by atoms with E-state index in [2.05, 4.69) is 39.8 Å². The van der Waals surface area contributed by atoms with Crippen LogP contribution in [0.3, 0.4) is 0 Å². The van der Waals surface area contributed by atoms with Crippen LogP contribution in [0.5, 0.6) is 5.75 Å². The first-order chi connectivity index (χ1) is 9.36. The number of aliphatic hydroxyl groups is 1. The Morgan fingerprint density at radius 1 is 1.14 bits per heavy atom. The number of nitrogens with two attached hydrogens (primary N) is 1. The second-order valence-electron chi connectivity index (χ2n) is 6.22. The fourth-order valence-electron chi connectivity index (χ4n) is 2.26. The lowest BCUT2D eigenvalue weighted by Crippen LogP contribution is -2.27. The van der Waals surface area contributed by atoms with Crippen molar-refractivity contribution in [1.29, 1.82) is 0 Å². The van der Waals surface area contributed by atoms with Crippen LogP contribution in [0.1, 0.15) is 63.6 Å². The summed E-state index contributed by atoms with van der Waals surface area (Å²) in [5, 5.41) is 10.3. The fourth-order valence-corrected chi connectivity index (χ4v) is 2.26. The molecular formula is C17H30ClNO2. The molecule has 0 saturated carbocycles. The lowest BCUT2D eigenvalue weighted by molar-refractivity contribution is 0.127. The minimum absolute atomic E-state index is 0. The highest BCUT2D eigenvalue weighted by Crippen LogP contribution is 2.30. The molecule has 0 radical (unpaired) electrons. The first-order valence-electron chi connectivity index (χ1n) is 7.48. The van der Waals surface area contributed by atoms with E-state index in [-0.39, 0.29) is 12.4 Å². The molecule has 0 amide bonds. The molecule has 0 spiro atoms. The molecule has 2 atom stereocenters. The summed E-state index contributed by atoms with van der Waals surface area (Å²) in [6, 6.07) is 5.66. The van der Waals surface area contributed by atoms with Crippen LogP contribution in [0.2, 0.25) is 0 Å². The fraction of sp³-hybridized carbons (Fsp3) is 0.647. The lowest BCUT2D eigenvalue weighted by Gasteiger charge is -2.23. The van der Waals surface area contributed by atoms with Crippen molar-refractivity contribution in [3.63, 3.8) is 0 Å². The van der Waals surface area contributed by atoms with Gasteiger partial charge in [0, 0.05) is 5.56 Å². The highest BCUT2D eigenvalue weighted by Gasteiger charge is 2.21. The maximum atomic E-state index is 10.3. The van der Waals surface area contributed by atoms with Gasteiger partial charge in [0.15, 0.2) is 0 Å². The number of ether oxygens (including phenoxy) is 1. The Kier molecular flexibility index (Phi) is 8.95. The lowest BCUT2D eigenvalue weighted by atomic mass is 9.92. The van der Waals surface area contributed by atoms with Gasteiger partial charge in [0.25, 0.3) is 0 Å². The Labute approximate surface area is 135 Å². The molecule has 0 unspecified atom stereocenters. The van der Waals surface area contributed by atoms with E-state index < -0.39 is 12.1 Å². The van der Waals surface area contributed by atoms with Gasteiger partial charge in [-0.15, -0.1) is 12.4 Å². The van der Waals surface area contributed by atoms with E-state index >= 15 is 0 Å². The first kappa shape index (κ1) is 20.2. The van der Waals surface area contributed by atoms with Gasteiger partial charge in [-0.2, -0.15) is 0 Å². The van der Waals surface area contributed by atoms with E-state index in [1.165, 1.54) is 5.56 Å².